The number of carboxylic acids is 1. The molecule has 13 atom stereocenters. The summed E-state index contributed by atoms with van der Waals surface area (Å²) in [5.74, 6) is -14.7. The molecule has 27 nitrogen and oxygen atoms in total. The molecular weight excluding hydrogens is 1180 g/mol. The third-order valence-electron chi connectivity index (χ3n) is 15.7. The maximum atomic E-state index is 15.0. The molecule has 14 N–H and O–H groups in total. The fourth-order valence-electron chi connectivity index (χ4n) is 10.3. The fourth-order valence-corrected chi connectivity index (χ4v) is 10.3. The summed E-state index contributed by atoms with van der Waals surface area (Å²) in [5.41, 5.74) is 0. The summed E-state index contributed by atoms with van der Waals surface area (Å²) < 4.78 is 5.85. The molecule has 91 heavy (non-hydrogen) atoms. The molecule has 522 valence electrons. The number of hydrogen-bond donors (Lipinski definition) is 14. The molecule has 1 saturated heterocycles. The van der Waals surface area contributed by atoms with Crippen molar-refractivity contribution in [1.29, 1.82) is 0 Å². The SMILES string of the molecule is CCCCCCCCCCC[C@@H](O)CC(=O)N[C@H](CC(C)C)C(=O)N[C@@H](CCC(=O)O)C(=O)NC1C(=O)N[C@@H]([C@H](C)CC)C(=O)NC(CC(C)C)C(=O)N[C@@H](CO)C(=O)NC(CC(C)C)C(=O)N[C@H](CC(C)C)C(=O)N[C@@H](CO)C(=O)NC(C(C)C)C(=O)O[C@H]1C. The Hall–Kier alpha value is -6.48. The molecule has 0 aromatic rings. The van der Waals surface area contributed by atoms with Crippen LogP contribution in [0.1, 0.15) is 213 Å². The highest BCUT2D eigenvalue weighted by Crippen LogP contribution is 2.18. The highest BCUT2D eigenvalue weighted by Gasteiger charge is 2.41. The number of aliphatic hydroxyl groups is 3. The van der Waals surface area contributed by atoms with Gasteiger partial charge in [-0.1, -0.05) is 154 Å². The van der Waals surface area contributed by atoms with Crippen molar-refractivity contribution >= 4 is 71.0 Å². The first-order valence-electron chi connectivity index (χ1n) is 33.0. The van der Waals surface area contributed by atoms with Gasteiger partial charge in [0.2, 0.25) is 59.1 Å². The minimum atomic E-state index is -1.99. The number of amides is 10. The Bertz CT molecular complexity index is 2340. The number of carbonyl (C=O) groups is 12. The molecule has 0 aromatic heterocycles. The van der Waals surface area contributed by atoms with Gasteiger partial charge in [-0.3, -0.25) is 52.7 Å². The number of hydrogen-bond acceptors (Lipinski definition) is 16. The summed E-state index contributed by atoms with van der Waals surface area (Å²) in [6.07, 6.45) is 5.80. The van der Waals surface area contributed by atoms with Gasteiger partial charge in [0, 0.05) is 6.42 Å². The van der Waals surface area contributed by atoms with Gasteiger partial charge in [-0.2, -0.15) is 0 Å². The van der Waals surface area contributed by atoms with Gasteiger partial charge in [-0.15, -0.1) is 0 Å². The quantitative estimate of drug-likeness (QED) is 0.0331. The number of carbonyl (C=O) groups excluding carboxylic acids is 11. The monoisotopic (exact) mass is 1290 g/mol. The molecule has 1 aliphatic rings. The van der Waals surface area contributed by atoms with E-state index in [-0.39, 0.29) is 62.2 Å². The van der Waals surface area contributed by atoms with E-state index in [4.69, 9.17) is 4.74 Å². The van der Waals surface area contributed by atoms with Crippen LogP contribution in [0.5, 0.6) is 0 Å². The van der Waals surface area contributed by atoms with Crippen LogP contribution in [0.4, 0.5) is 0 Å². The molecule has 1 heterocycles. The van der Waals surface area contributed by atoms with Crippen molar-refractivity contribution in [2.75, 3.05) is 13.2 Å². The van der Waals surface area contributed by atoms with Crippen molar-refractivity contribution in [2.24, 2.45) is 35.5 Å². The molecule has 4 unspecified atom stereocenters. The van der Waals surface area contributed by atoms with E-state index in [1.54, 1.807) is 69.2 Å². The van der Waals surface area contributed by atoms with Crippen LogP contribution in [0.25, 0.3) is 0 Å². The van der Waals surface area contributed by atoms with Gasteiger partial charge < -0.3 is 78.3 Å². The molecule has 0 radical (unpaired) electrons. The molecule has 1 fully saturated rings. The summed E-state index contributed by atoms with van der Waals surface area (Å²) in [4.78, 5) is 168. The number of esters is 1. The maximum absolute atomic E-state index is 15.0. The molecule has 0 spiro atoms. The van der Waals surface area contributed by atoms with Crippen LogP contribution < -0.4 is 53.2 Å². The molecule has 0 aromatic carbocycles. The summed E-state index contributed by atoms with van der Waals surface area (Å²) in [6, 6.07) is -15.7. The molecular formula is C64H114N10O17. The number of aliphatic carboxylic acids is 1. The van der Waals surface area contributed by atoms with E-state index < -0.39 is 182 Å². The molecule has 0 saturated carbocycles. The van der Waals surface area contributed by atoms with Crippen molar-refractivity contribution in [2.45, 2.75) is 285 Å². The zero-order valence-electron chi connectivity index (χ0n) is 56.6. The Morgan fingerprint density at radius 3 is 1.36 bits per heavy atom. The van der Waals surface area contributed by atoms with E-state index in [1.165, 1.54) is 40.0 Å². The summed E-state index contributed by atoms with van der Waals surface area (Å²) >= 11 is 0. The van der Waals surface area contributed by atoms with Crippen molar-refractivity contribution in [3.63, 3.8) is 0 Å². The van der Waals surface area contributed by atoms with Gasteiger partial charge in [0.05, 0.1) is 25.7 Å². The second kappa shape index (κ2) is 43.4. The number of rotatable bonds is 33. The van der Waals surface area contributed by atoms with Crippen LogP contribution in [-0.2, 0) is 62.3 Å². The first kappa shape index (κ1) is 82.5. The molecule has 10 amide bonds. The number of unbranched alkanes of at least 4 members (excludes halogenated alkanes) is 8. The summed E-state index contributed by atoms with van der Waals surface area (Å²) in [7, 11) is 0. The highest BCUT2D eigenvalue weighted by atomic mass is 16.5. The predicted octanol–water partition coefficient (Wildman–Crippen LogP) is 2.19. The summed E-state index contributed by atoms with van der Waals surface area (Å²) in [5, 5.41) is 67.0. The van der Waals surface area contributed by atoms with Gasteiger partial charge in [0.15, 0.2) is 0 Å². The Morgan fingerprint density at radius 1 is 0.505 bits per heavy atom. The Kier molecular flexibility index (Phi) is 39.3. The van der Waals surface area contributed by atoms with E-state index in [0.29, 0.717) is 12.8 Å². The first-order chi connectivity index (χ1) is 42.7. The lowest BCUT2D eigenvalue weighted by atomic mass is 9.96. The Balaban J connectivity index is 4.02. The van der Waals surface area contributed by atoms with E-state index in [0.717, 1.165) is 32.1 Å². The largest absolute Gasteiger partial charge is 0.481 e. The Morgan fingerprint density at radius 2 is 0.934 bits per heavy atom. The molecule has 0 aliphatic carbocycles. The fraction of sp³-hybridized carbons (Fsp3) is 0.812. The highest BCUT2D eigenvalue weighted by molar-refractivity contribution is 5.99. The van der Waals surface area contributed by atoms with E-state index >= 15 is 0 Å². The second-order valence-corrected chi connectivity index (χ2v) is 26.5. The Labute approximate surface area is 538 Å². The molecule has 1 aliphatic heterocycles. The number of nitrogens with one attached hydrogen (secondary N) is 10. The average Bonchev–Trinajstić information content (AvgIpc) is 1.67. The predicted molar refractivity (Wildman–Crippen MR) is 340 cm³/mol. The van der Waals surface area contributed by atoms with E-state index in [1.807, 2.05) is 0 Å². The normalized spacial score (nSPS) is 23.6. The van der Waals surface area contributed by atoms with Crippen LogP contribution in [0.2, 0.25) is 0 Å². The number of carboxylic acid groups (broad SMARTS) is 1. The zero-order valence-corrected chi connectivity index (χ0v) is 56.6. The average molecular weight is 1300 g/mol. The van der Waals surface area contributed by atoms with E-state index in [2.05, 4.69) is 60.1 Å². The lowest BCUT2D eigenvalue weighted by Crippen LogP contribution is -2.63. The van der Waals surface area contributed by atoms with Gasteiger partial charge >= 0.3 is 11.9 Å². The van der Waals surface area contributed by atoms with Gasteiger partial charge in [0.25, 0.3) is 0 Å². The second-order valence-electron chi connectivity index (χ2n) is 26.5. The van der Waals surface area contributed by atoms with Crippen LogP contribution in [-0.4, -0.2) is 177 Å². The van der Waals surface area contributed by atoms with Gasteiger partial charge in [-0.25, -0.2) is 4.79 Å². The standard InChI is InChI=1S/C64H114N10O17/c1-15-17-18-19-20-21-22-23-24-25-42(77)32-50(78)65-44(28-35(3)4)56(82)66-43(26-27-51(79)80)55(81)74-54-41(14)91-64(90)52(39(11)12)72-61(87)49(34-76)71-58(84)46(30-37(7)8)67-57(83)45(29-36(5)6)68-60(86)48(33-75)70-59(85)47(31-38(9)10)69-62(88)53(40(13)16-2)73-63(54)89/h35-49,52-54,75-77H,15-34H2,1-14H3,(H,65,78)(H,66,82)(H,67,83)(H,68,86)(H,69,88)(H,70,85)(H,71,84)(H,72,87)(H,73,89)(H,74,81)(H,79,80)/t40-,41+,42-,43+,44-,45?,46-,47?,48+,49+,52?,53+,54?/m1/s1. The summed E-state index contributed by atoms with van der Waals surface area (Å²) in [6.45, 7) is 21.8. The van der Waals surface area contributed by atoms with Crippen LogP contribution in [0, 0.1) is 35.5 Å². The minimum absolute atomic E-state index is 0.00513. The van der Waals surface area contributed by atoms with Crippen molar-refractivity contribution in [3.8, 4) is 0 Å². The van der Waals surface area contributed by atoms with Gasteiger partial charge in [-0.05, 0) is 81.0 Å². The van der Waals surface area contributed by atoms with Crippen LogP contribution in [0.3, 0.4) is 0 Å². The zero-order chi connectivity index (χ0) is 69.2. The van der Waals surface area contributed by atoms with Crippen LogP contribution >= 0.6 is 0 Å². The lowest BCUT2D eigenvalue weighted by molar-refractivity contribution is -0.157. The lowest BCUT2D eigenvalue weighted by Gasteiger charge is -2.32. The molecule has 27 heteroatoms. The topological polar surface area (TPSA) is 415 Å². The van der Waals surface area contributed by atoms with Crippen LogP contribution in [0.15, 0.2) is 0 Å². The van der Waals surface area contributed by atoms with Crippen molar-refractivity contribution in [1.82, 2.24) is 53.2 Å². The van der Waals surface area contributed by atoms with Gasteiger partial charge in [0.1, 0.15) is 66.5 Å². The third-order valence-corrected chi connectivity index (χ3v) is 15.7. The minimum Gasteiger partial charge on any atom is -0.481 e. The first-order valence-corrected chi connectivity index (χ1v) is 33.0. The number of cyclic esters (lactones) is 1. The van der Waals surface area contributed by atoms with Crippen molar-refractivity contribution in [3.05, 3.63) is 0 Å². The molecule has 0 bridgehead atoms. The number of aliphatic hydroxyl groups excluding tert-OH is 3. The number of ether oxygens (including phenoxy) is 1. The van der Waals surface area contributed by atoms with E-state index in [9.17, 15) is 78.0 Å². The third kappa shape index (κ3) is 32.1. The molecule has 1 rings (SSSR count). The smallest absolute Gasteiger partial charge is 0.329 e. The van der Waals surface area contributed by atoms with Crippen molar-refractivity contribution < 1.29 is 82.7 Å². The maximum Gasteiger partial charge on any atom is 0.329 e.